The average molecular weight is 712 g/mol. The summed E-state index contributed by atoms with van der Waals surface area (Å²) in [6.07, 6.45) is 6.25. The highest BCUT2D eigenvalue weighted by molar-refractivity contribution is 7.26. The molecule has 0 bridgehead atoms. The Balaban J connectivity index is 1.11. The number of anilines is 3. The standard InChI is InChI=1S/C52H41NS/c1-4-14-39(15-5-1)47-19-12-20-50-51(47)48-36-46(31-32-49(48)54-50)53(44-27-23-38(24-28-44)41-22-21-37-13-8-9-16-40(37)35-41)45-29-25-43(26-30-45)52(33-10-3-11-34-52)42-17-6-2-7-18-42/h1-2,4-9,12-32,35-36H,3,10-11,33-34H2. The summed E-state index contributed by atoms with van der Waals surface area (Å²) in [5.41, 5.74) is 11.4. The van der Waals surface area contributed by atoms with Crippen molar-refractivity contribution in [3.63, 3.8) is 0 Å². The number of hydrogen-bond acceptors (Lipinski definition) is 2. The van der Waals surface area contributed by atoms with E-state index >= 15 is 0 Å². The van der Waals surface area contributed by atoms with Crippen molar-refractivity contribution in [2.75, 3.05) is 4.90 Å². The van der Waals surface area contributed by atoms with Crippen molar-refractivity contribution in [1.29, 1.82) is 0 Å². The summed E-state index contributed by atoms with van der Waals surface area (Å²) in [6.45, 7) is 0. The number of fused-ring (bicyclic) bond motifs is 4. The van der Waals surface area contributed by atoms with Crippen LogP contribution in [0.3, 0.4) is 0 Å². The summed E-state index contributed by atoms with van der Waals surface area (Å²) in [6, 6.07) is 69.8. The van der Waals surface area contributed by atoms with Crippen LogP contribution >= 0.6 is 11.3 Å². The molecule has 260 valence electrons. The van der Waals surface area contributed by atoms with Crippen LogP contribution in [0.2, 0.25) is 0 Å². The Morgan fingerprint density at radius 2 is 1.04 bits per heavy atom. The van der Waals surface area contributed by atoms with Crippen LogP contribution in [0.15, 0.2) is 188 Å². The summed E-state index contributed by atoms with van der Waals surface area (Å²) < 4.78 is 2.62. The minimum Gasteiger partial charge on any atom is -0.310 e. The van der Waals surface area contributed by atoms with E-state index in [1.807, 2.05) is 11.3 Å². The maximum absolute atomic E-state index is 2.44. The number of rotatable bonds is 7. The van der Waals surface area contributed by atoms with Gasteiger partial charge in [-0.25, -0.2) is 0 Å². The van der Waals surface area contributed by atoms with Crippen LogP contribution in [0.1, 0.15) is 43.2 Å². The summed E-state index contributed by atoms with van der Waals surface area (Å²) >= 11 is 1.88. The van der Waals surface area contributed by atoms with Gasteiger partial charge in [0.25, 0.3) is 0 Å². The van der Waals surface area contributed by atoms with Crippen molar-refractivity contribution in [2.24, 2.45) is 0 Å². The Morgan fingerprint density at radius 3 is 1.80 bits per heavy atom. The van der Waals surface area contributed by atoms with E-state index in [0.29, 0.717) is 0 Å². The molecule has 0 atom stereocenters. The molecule has 0 aliphatic heterocycles. The van der Waals surface area contributed by atoms with Gasteiger partial charge in [-0.1, -0.05) is 153 Å². The van der Waals surface area contributed by atoms with E-state index in [1.54, 1.807) is 0 Å². The van der Waals surface area contributed by atoms with Gasteiger partial charge in [-0.05, 0) is 112 Å². The Kier molecular flexibility index (Phi) is 8.34. The molecular formula is C52H41NS. The first kappa shape index (κ1) is 32.7. The van der Waals surface area contributed by atoms with Gasteiger partial charge in [0.2, 0.25) is 0 Å². The molecule has 9 aromatic rings. The number of nitrogens with zero attached hydrogens (tertiary/aromatic N) is 1. The molecule has 0 radical (unpaired) electrons. The third kappa shape index (κ3) is 5.79. The normalized spacial score (nSPS) is 14.1. The fourth-order valence-corrected chi connectivity index (χ4v) is 10.1. The molecule has 0 spiro atoms. The molecule has 1 heterocycles. The second-order valence-corrected chi connectivity index (χ2v) is 15.9. The topological polar surface area (TPSA) is 3.24 Å². The van der Waals surface area contributed by atoms with Crippen LogP contribution in [-0.2, 0) is 5.41 Å². The molecule has 0 amide bonds. The Morgan fingerprint density at radius 1 is 0.407 bits per heavy atom. The molecule has 1 aromatic heterocycles. The molecule has 1 fully saturated rings. The first-order chi connectivity index (χ1) is 26.7. The van der Waals surface area contributed by atoms with E-state index < -0.39 is 0 Å². The van der Waals surface area contributed by atoms with Crippen molar-refractivity contribution < 1.29 is 0 Å². The average Bonchev–Trinajstić information content (AvgIpc) is 3.63. The molecular weight excluding hydrogens is 671 g/mol. The summed E-state index contributed by atoms with van der Waals surface area (Å²) in [5, 5.41) is 5.15. The van der Waals surface area contributed by atoms with Crippen molar-refractivity contribution in [3.8, 4) is 22.3 Å². The SMILES string of the molecule is c1ccc(-c2cccc3sc4ccc(N(c5ccc(-c6ccc7ccccc7c6)cc5)c5ccc(C6(c7ccccc7)CCCCC6)cc5)cc4c23)cc1. The maximum atomic E-state index is 2.44. The molecule has 0 unspecified atom stereocenters. The van der Waals surface area contributed by atoms with Gasteiger partial charge in [0.05, 0.1) is 0 Å². The lowest BCUT2D eigenvalue weighted by Gasteiger charge is -2.39. The van der Waals surface area contributed by atoms with Gasteiger partial charge < -0.3 is 4.90 Å². The lowest BCUT2D eigenvalue weighted by atomic mass is 9.65. The van der Waals surface area contributed by atoms with Gasteiger partial charge in [0.1, 0.15) is 0 Å². The fraction of sp³-hybridized carbons (Fsp3) is 0.115. The van der Waals surface area contributed by atoms with Crippen LogP contribution in [0, 0.1) is 0 Å². The van der Waals surface area contributed by atoms with E-state index in [-0.39, 0.29) is 5.41 Å². The van der Waals surface area contributed by atoms with E-state index in [0.717, 1.165) is 11.4 Å². The first-order valence-corrected chi connectivity index (χ1v) is 20.1. The van der Waals surface area contributed by atoms with Gasteiger partial charge in [-0.2, -0.15) is 0 Å². The minimum atomic E-state index is 0.0622. The molecule has 1 aliphatic rings. The summed E-state index contributed by atoms with van der Waals surface area (Å²) in [4.78, 5) is 2.44. The molecule has 54 heavy (non-hydrogen) atoms. The molecule has 0 saturated heterocycles. The van der Waals surface area contributed by atoms with E-state index in [2.05, 4.69) is 193 Å². The quantitative estimate of drug-likeness (QED) is 0.159. The Labute approximate surface area is 321 Å². The van der Waals surface area contributed by atoms with Crippen LogP contribution in [0.4, 0.5) is 17.1 Å². The van der Waals surface area contributed by atoms with Crippen LogP contribution in [0.25, 0.3) is 53.2 Å². The molecule has 1 saturated carbocycles. The van der Waals surface area contributed by atoms with Crippen molar-refractivity contribution in [3.05, 3.63) is 199 Å². The van der Waals surface area contributed by atoms with Crippen molar-refractivity contribution >= 4 is 59.3 Å². The zero-order valence-electron chi connectivity index (χ0n) is 30.3. The second kappa shape index (κ2) is 13.8. The zero-order chi connectivity index (χ0) is 35.9. The lowest BCUT2D eigenvalue weighted by molar-refractivity contribution is 0.346. The lowest BCUT2D eigenvalue weighted by Crippen LogP contribution is -2.30. The Hall–Kier alpha value is -5.96. The van der Waals surface area contributed by atoms with E-state index in [9.17, 15) is 0 Å². The van der Waals surface area contributed by atoms with Crippen LogP contribution in [0.5, 0.6) is 0 Å². The highest BCUT2D eigenvalue weighted by Gasteiger charge is 2.35. The molecule has 8 aromatic carbocycles. The van der Waals surface area contributed by atoms with Gasteiger partial charge >= 0.3 is 0 Å². The molecule has 1 aliphatic carbocycles. The summed E-state index contributed by atoms with van der Waals surface area (Å²) in [7, 11) is 0. The molecule has 0 N–H and O–H groups in total. The van der Waals surface area contributed by atoms with E-state index in [4.69, 9.17) is 0 Å². The third-order valence-electron chi connectivity index (χ3n) is 11.7. The largest absolute Gasteiger partial charge is 0.310 e. The predicted molar refractivity (Wildman–Crippen MR) is 233 cm³/mol. The molecule has 1 nitrogen and oxygen atoms in total. The van der Waals surface area contributed by atoms with Gasteiger partial charge in [0.15, 0.2) is 0 Å². The van der Waals surface area contributed by atoms with Gasteiger partial charge in [-0.15, -0.1) is 11.3 Å². The smallest absolute Gasteiger partial charge is 0.0468 e. The van der Waals surface area contributed by atoms with Crippen molar-refractivity contribution in [1.82, 2.24) is 0 Å². The maximum Gasteiger partial charge on any atom is 0.0468 e. The Bertz CT molecular complexity index is 2720. The highest BCUT2D eigenvalue weighted by atomic mass is 32.1. The fourth-order valence-electron chi connectivity index (χ4n) is 9.02. The van der Waals surface area contributed by atoms with Crippen LogP contribution < -0.4 is 4.90 Å². The number of hydrogen-bond donors (Lipinski definition) is 0. The van der Waals surface area contributed by atoms with Crippen molar-refractivity contribution in [2.45, 2.75) is 37.5 Å². The van der Waals surface area contributed by atoms with Gasteiger partial charge in [-0.3, -0.25) is 0 Å². The zero-order valence-corrected chi connectivity index (χ0v) is 31.1. The summed E-state index contributed by atoms with van der Waals surface area (Å²) in [5.74, 6) is 0. The minimum absolute atomic E-state index is 0.0622. The first-order valence-electron chi connectivity index (χ1n) is 19.3. The highest BCUT2D eigenvalue weighted by Crippen LogP contribution is 2.47. The third-order valence-corrected chi connectivity index (χ3v) is 12.9. The number of benzene rings is 8. The molecule has 2 heteroatoms. The van der Waals surface area contributed by atoms with E-state index in [1.165, 1.54) is 102 Å². The van der Waals surface area contributed by atoms with Crippen LogP contribution in [-0.4, -0.2) is 0 Å². The predicted octanol–water partition coefficient (Wildman–Crippen LogP) is 15.3. The van der Waals surface area contributed by atoms with Gasteiger partial charge in [0, 0.05) is 42.6 Å². The molecule has 10 rings (SSSR count). The monoisotopic (exact) mass is 711 g/mol. The number of thiophene rings is 1. The second-order valence-electron chi connectivity index (χ2n) is 14.8.